The first kappa shape index (κ1) is 24.0. The Balaban J connectivity index is 1.87. The van der Waals surface area contributed by atoms with Crippen LogP contribution in [0.2, 0.25) is 0 Å². The zero-order valence-corrected chi connectivity index (χ0v) is 16.8. The zero-order chi connectivity index (χ0) is 19.8. The minimum Gasteiger partial charge on any atom is -0.380 e. The highest BCUT2D eigenvalue weighted by Crippen LogP contribution is 2.29. The fourth-order valence-corrected chi connectivity index (χ4v) is 2.98. The Kier molecular flexibility index (Phi) is 13.2. The van der Waals surface area contributed by atoms with Gasteiger partial charge in [0.05, 0.1) is 12.2 Å². The molecule has 1 aromatic rings. The topological polar surface area (TPSA) is 21.3 Å². The minimum atomic E-state index is -4.26. The number of nitrogens with one attached hydrogen (secondary N) is 1. The summed E-state index contributed by atoms with van der Waals surface area (Å²) in [5.74, 6) is 0. The van der Waals surface area contributed by atoms with Gasteiger partial charge in [0.1, 0.15) is 0 Å². The molecule has 0 bridgehead atoms. The molecule has 0 aliphatic heterocycles. The van der Waals surface area contributed by atoms with Crippen molar-refractivity contribution in [1.82, 2.24) is 5.32 Å². The number of hydrogen-bond donors (Lipinski definition) is 1. The van der Waals surface area contributed by atoms with Gasteiger partial charge >= 0.3 is 6.18 Å². The molecule has 0 aliphatic carbocycles. The molecule has 0 atom stereocenters. The summed E-state index contributed by atoms with van der Waals surface area (Å²) in [6.45, 7) is 5.26. The molecular weight excluding hydrogens is 351 g/mol. The van der Waals surface area contributed by atoms with Gasteiger partial charge in [0.15, 0.2) is 0 Å². The molecule has 0 fully saturated rings. The Labute approximate surface area is 162 Å². The number of halogens is 3. The van der Waals surface area contributed by atoms with E-state index in [1.54, 1.807) is 12.1 Å². The predicted octanol–water partition coefficient (Wildman–Crippen LogP) is 6.38. The van der Waals surface area contributed by atoms with Crippen LogP contribution in [-0.4, -0.2) is 26.3 Å². The summed E-state index contributed by atoms with van der Waals surface area (Å²) in [4.78, 5) is 0. The second-order valence-corrected chi connectivity index (χ2v) is 7.14. The molecule has 0 heterocycles. The van der Waals surface area contributed by atoms with Gasteiger partial charge in [-0.2, -0.15) is 13.2 Å². The van der Waals surface area contributed by atoms with E-state index in [-0.39, 0.29) is 0 Å². The lowest BCUT2D eigenvalue weighted by Gasteiger charge is -2.09. The van der Waals surface area contributed by atoms with Crippen LogP contribution < -0.4 is 5.32 Å². The quantitative estimate of drug-likeness (QED) is 0.332. The number of hydrogen-bond acceptors (Lipinski definition) is 2. The fraction of sp³-hybridized carbons (Fsp3) is 0.727. The van der Waals surface area contributed by atoms with Crippen LogP contribution in [0.4, 0.5) is 13.2 Å². The third kappa shape index (κ3) is 12.9. The van der Waals surface area contributed by atoms with Gasteiger partial charge in [-0.05, 0) is 37.1 Å². The summed E-state index contributed by atoms with van der Waals surface area (Å²) in [6.07, 6.45) is 8.27. The van der Waals surface area contributed by atoms with Crippen LogP contribution in [0.25, 0.3) is 0 Å². The lowest BCUT2D eigenvalue weighted by Crippen LogP contribution is -2.22. The van der Waals surface area contributed by atoms with Crippen molar-refractivity contribution in [1.29, 1.82) is 0 Å². The van der Waals surface area contributed by atoms with Gasteiger partial charge in [0.25, 0.3) is 0 Å². The SMILES string of the molecule is CCCCCCCCCCCOCCNCCc1ccc(C(F)(F)F)cc1. The third-order valence-electron chi connectivity index (χ3n) is 4.69. The summed E-state index contributed by atoms with van der Waals surface area (Å²) < 4.78 is 43.1. The highest BCUT2D eigenvalue weighted by atomic mass is 19.4. The van der Waals surface area contributed by atoms with Gasteiger partial charge < -0.3 is 10.1 Å². The molecule has 2 nitrogen and oxygen atoms in total. The van der Waals surface area contributed by atoms with Crippen LogP contribution in [0.3, 0.4) is 0 Å². The Bertz CT molecular complexity index is 460. The Morgan fingerprint density at radius 2 is 1.37 bits per heavy atom. The van der Waals surface area contributed by atoms with Gasteiger partial charge in [-0.25, -0.2) is 0 Å². The average molecular weight is 388 g/mol. The van der Waals surface area contributed by atoms with Crippen molar-refractivity contribution < 1.29 is 17.9 Å². The molecule has 27 heavy (non-hydrogen) atoms. The van der Waals surface area contributed by atoms with E-state index in [4.69, 9.17) is 4.74 Å². The van der Waals surface area contributed by atoms with Crippen LogP contribution in [0.1, 0.15) is 75.8 Å². The first-order valence-corrected chi connectivity index (χ1v) is 10.5. The Hall–Kier alpha value is -1.07. The van der Waals surface area contributed by atoms with Gasteiger partial charge in [0, 0.05) is 13.2 Å². The van der Waals surface area contributed by atoms with E-state index in [1.807, 2.05) is 0 Å². The fourth-order valence-electron chi connectivity index (χ4n) is 2.98. The number of benzene rings is 1. The summed E-state index contributed by atoms with van der Waals surface area (Å²) in [5, 5.41) is 3.27. The lowest BCUT2D eigenvalue weighted by molar-refractivity contribution is -0.137. The van der Waals surface area contributed by atoms with Crippen molar-refractivity contribution in [2.24, 2.45) is 0 Å². The molecule has 1 N–H and O–H groups in total. The summed E-state index contributed by atoms with van der Waals surface area (Å²) >= 11 is 0. The highest BCUT2D eigenvalue weighted by molar-refractivity contribution is 5.24. The van der Waals surface area contributed by atoms with Crippen molar-refractivity contribution in [3.8, 4) is 0 Å². The summed E-state index contributed by atoms with van der Waals surface area (Å²) in [7, 11) is 0. The molecule has 5 heteroatoms. The molecule has 1 aromatic carbocycles. The molecule has 156 valence electrons. The maximum Gasteiger partial charge on any atom is 0.416 e. The second-order valence-electron chi connectivity index (χ2n) is 7.14. The first-order chi connectivity index (χ1) is 13.0. The second kappa shape index (κ2) is 14.9. The Morgan fingerprint density at radius 1 is 0.778 bits per heavy atom. The number of ether oxygens (including phenoxy) is 1. The van der Waals surface area contributed by atoms with Crippen molar-refractivity contribution in [2.45, 2.75) is 77.3 Å². The van der Waals surface area contributed by atoms with Gasteiger partial charge in [-0.3, -0.25) is 0 Å². The average Bonchev–Trinajstić information content (AvgIpc) is 2.64. The van der Waals surface area contributed by atoms with Crippen molar-refractivity contribution in [3.05, 3.63) is 35.4 Å². The Morgan fingerprint density at radius 3 is 1.96 bits per heavy atom. The van der Waals surface area contributed by atoms with E-state index in [2.05, 4.69) is 12.2 Å². The van der Waals surface area contributed by atoms with Crippen LogP contribution in [0, 0.1) is 0 Å². The molecular formula is C22H36F3NO. The highest BCUT2D eigenvalue weighted by Gasteiger charge is 2.29. The van der Waals surface area contributed by atoms with E-state index in [0.717, 1.165) is 50.2 Å². The molecule has 0 radical (unpaired) electrons. The van der Waals surface area contributed by atoms with Gasteiger partial charge in [-0.15, -0.1) is 0 Å². The van der Waals surface area contributed by atoms with Crippen LogP contribution in [-0.2, 0) is 17.3 Å². The first-order valence-electron chi connectivity index (χ1n) is 10.5. The van der Waals surface area contributed by atoms with Crippen molar-refractivity contribution in [2.75, 3.05) is 26.3 Å². The van der Waals surface area contributed by atoms with E-state index in [9.17, 15) is 13.2 Å². The zero-order valence-electron chi connectivity index (χ0n) is 16.8. The molecule has 1 rings (SSSR count). The lowest BCUT2D eigenvalue weighted by atomic mass is 10.1. The molecule has 0 spiro atoms. The third-order valence-corrected chi connectivity index (χ3v) is 4.69. The summed E-state index contributed by atoms with van der Waals surface area (Å²) in [6, 6.07) is 5.38. The van der Waals surface area contributed by atoms with E-state index in [1.165, 1.54) is 51.4 Å². The predicted molar refractivity (Wildman–Crippen MR) is 106 cm³/mol. The van der Waals surface area contributed by atoms with E-state index < -0.39 is 11.7 Å². The van der Waals surface area contributed by atoms with Crippen molar-refractivity contribution in [3.63, 3.8) is 0 Å². The maximum atomic E-state index is 12.5. The molecule has 0 saturated heterocycles. The largest absolute Gasteiger partial charge is 0.416 e. The number of unbranched alkanes of at least 4 members (excludes halogenated alkanes) is 8. The molecule has 0 amide bonds. The minimum absolute atomic E-state index is 0.593. The molecule has 0 aliphatic rings. The van der Waals surface area contributed by atoms with Crippen molar-refractivity contribution >= 4 is 0 Å². The normalized spacial score (nSPS) is 11.9. The molecule has 0 unspecified atom stereocenters. The maximum absolute atomic E-state index is 12.5. The van der Waals surface area contributed by atoms with E-state index >= 15 is 0 Å². The molecule has 0 saturated carbocycles. The summed E-state index contributed by atoms with van der Waals surface area (Å²) in [5.41, 5.74) is 0.315. The smallest absolute Gasteiger partial charge is 0.380 e. The van der Waals surface area contributed by atoms with Crippen LogP contribution in [0.15, 0.2) is 24.3 Å². The van der Waals surface area contributed by atoms with Gasteiger partial charge in [0.2, 0.25) is 0 Å². The van der Waals surface area contributed by atoms with E-state index in [0.29, 0.717) is 6.61 Å². The number of alkyl halides is 3. The number of rotatable bonds is 16. The monoisotopic (exact) mass is 387 g/mol. The standard InChI is InChI=1S/C22H36F3NO/c1-2-3-4-5-6-7-8-9-10-18-27-19-17-26-16-15-20-11-13-21(14-12-20)22(23,24)25/h11-14,26H,2-10,15-19H2,1H3. The van der Waals surface area contributed by atoms with Gasteiger partial charge in [-0.1, -0.05) is 70.4 Å². The molecule has 0 aromatic heterocycles. The van der Waals surface area contributed by atoms with Crippen LogP contribution in [0.5, 0.6) is 0 Å². The van der Waals surface area contributed by atoms with Crippen LogP contribution >= 0.6 is 0 Å².